The second-order valence-corrected chi connectivity index (χ2v) is 7.86. The Morgan fingerprint density at radius 3 is 2.90 bits per heavy atom. The smallest absolute Gasteiger partial charge is 0.224 e. The van der Waals surface area contributed by atoms with Crippen LogP contribution in [-0.4, -0.2) is 28.5 Å². The Morgan fingerprint density at radius 2 is 2.06 bits per heavy atom. The highest BCUT2D eigenvalue weighted by Gasteiger charge is 2.27. The molecule has 0 radical (unpaired) electrons. The van der Waals surface area contributed by atoms with E-state index in [9.17, 15) is 9.18 Å². The molecule has 0 fully saturated rings. The lowest BCUT2D eigenvalue weighted by molar-refractivity contribution is -0.120. The summed E-state index contributed by atoms with van der Waals surface area (Å²) >= 11 is 0. The third-order valence-corrected chi connectivity index (χ3v) is 5.69. The van der Waals surface area contributed by atoms with Crippen molar-refractivity contribution in [3.05, 3.63) is 83.4 Å². The molecular weight excluding hydrogens is 393 g/mol. The molecule has 3 heterocycles. The maximum Gasteiger partial charge on any atom is 0.224 e. The Labute approximate surface area is 179 Å². The Balaban J connectivity index is 1.27. The third kappa shape index (κ3) is 3.77. The number of nitrogens with one attached hydrogen (secondary N) is 2. The van der Waals surface area contributed by atoms with Crippen LogP contribution in [0.3, 0.4) is 0 Å². The Hall–Kier alpha value is -3.67. The zero-order valence-electron chi connectivity index (χ0n) is 17.1. The van der Waals surface area contributed by atoms with E-state index in [1.165, 1.54) is 12.1 Å². The Kier molecular flexibility index (Phi) is 4.90. The summed E-state index contributed by atoms with van der Waals surface area (Å²) in [6.45, 7) is 2.34. The van der Waals surface area contributed by atoms with Gasteiger partial charge in [-0.25, -0.2) is 4.39 Å². The lowest BCUT2D eigenvalue weighted by Crippen LogP contribution is -2.35. The van der Waals surface area contributed by atoms with Crippen molar-refractivity contribution in [1.29, 1.82) is 0 Å². The molecule has 1 amide bonds. The average molecular weight is 415 g/mol. The second kappa shape index (κ2) is 7.87. The first-order valence-corrected chi connectivity index (χ1v) is 10.3. The minimum Gasteiger partial charge on any atom is -0.487 e. The van der Waals surface area contributed by atoms with Crippen LogP contribution in [0, 0.1) is 12.7 Å². The first-order chi connectivity index (χ1) is 15.1. The molecular formula is C25H22FN3O2. The predicted molar refractivity (Wildman–Crippen MR) is 118 cm³/mol. The van der Waals surface area contributed by atoms with Gasteiger partial charge in [0.2, 0.25) is 5.91 Å². The van der Waals surface area contributed by atoms with Crippen molar-refractivity contribution in [3.63, 3.8) is 0 Å². The van der Waals surface area contributed by atoms with Crippen LogP contribution in [-0.2, 0) is 17.6 Å². The van der Waals surface area contributed by atoms with Crippen LogP contribution in [0.4, 0.5) is 4.39 Å². The summed E-state index contributed by atoms with van der Waals surface area (Å²) in [7, 11) is 0. The number of aromatic nitrogens is 2. The number of nitrogens with zero attached hydrogens (tertiary/aromatic N) is 1. The number of carbonyl (C=O) groups excluding carboxylic acids is 1. The highest BCUT2D eigenvalue weighted by molar-refractivity contribution is 5.90. The largest absolute Gasteiger partial charge is 0.487 e. The molecule has 5 rings (SSSR count). The number of para-hydroxylation sites is 1. The Morgan fingerprint density at radius 1 is 1.23 bits per heavy atom. The van der Waals surface area contributed by atoms with Gasteiger partial charge in [-0.05, 0) is 42.8 Å². The summed E-state index contributed by atoms with van der Waals surface area (Å²) in [5.74, 6) is 0.262. The van der Waals surface area contributed by atoms with E-state index in [2.05, 4.69) is 15.3 Å². The van der Waals surface area contributed by atoms with E-state index in [0.29, 0.717) is 36.4 Å². The first kappa shape index (κ1) is 19.3. The molecule has 0 aliphatic carbocycles. The van der Waals surface area contributed by atoms with Crippen molar-refractivity contribution in [3.8, 4) is 17.0 Å². The number of pyridine rings is 1. The van der Waals surface area contributed by atoms with E-state index >= 15 is 0 Å². The van der Waals surface area contributed by atoms with Gasteiger partial charge in [-0.15, -0.1) is 0 Å². The monoisotopic (exact) mass is 415 g/mol. The number of aryl methyl sites for hydroxylation is 1. The van der Waals surface area contributed by atoms with Gasteiger partial charge in [0.1, 0.15) is 17.7 Å². The van der Waals surface area contributed by atoms with Gasteiger partial charge >= 0.3 is 0 Å². The van der Waals surface area contributed by atoms with Crippen molar-refractivity contribution < 1.29 is 13.9 Å². The normalized spacial score (nSPS) is 15.0. The molecule has 2 aromatic heterocycles. The molecule has 156 valence electrons. The first-order valence-electron chi connectivity index (χ1n) is 10.3. The van der Waals surface area contributed by atoms with Crippen LogP contribution in [0.15, 0.2) is 60.8 Å². The maximum absolute atomic E-state index is 14.2. The minimum atomic E-state index is -0.317. The number of amides is 1. The van der Waals surface area contributed by atoms with E-state index < -0.39 is 0 Å². The number of ether oxygens (including phenoxy) is 1. The van der Waals surface area contributed by atoms with E-state index in [0.717, 1.165) is 27.7 Å². The van der Waals surface area contributed by atoms with Gasteiger partial charge in [-0.3, -0.25) is 9.78 Å². The van der Waals surface area contributed by atoms with Gasteiger partial charge in [0, 0.05) is 40.3 Å². The summed E-state index contributed by atoms with van der Waals surface area (Å²) in [5.41, 5.74) is 5.13. The number of fused-ring (bicyclic) bond motifs is 2. The van der Waals surface area contributed by atoms with Gasteiger partial charge in [-0.2, -0.15) is 0 Å². The molecule has 5 nitrogen and oxygen atoms in total. The topological polar surface area (TPSA) is 67.0 Å². The number of rotatable bonds is 5. The number of halogens is 1. The van der Waals surface area contributed by atoms with Gasteiger partial charge in [0.15, 0.2) is 0 Å². The fourth-order valence-electron chi connectivity index (χ4n) is 4.23. The molecule has 1 aliphatic heterocycles. The van der Waals surface area contributed by atoms with Crippen molar-refractivity contribution in [1.82, 2.24) is 15.3 Å². The molecule has 1 aliphatic rings. The summed E-state index contributed by atoms with van der Waals surface area (Å²) < 4.78 is 20.3. The molecule has 0 spiro atoms. The van der Waals surface area contributed by atoms with Crippen LogP contribution in [0.25, 0.3) is 22.2 Å². The molecule has 4 aromatic rings. The molecule has 0 saturated carbocycles. The predicted octanol–water partition coefficient (Wildman–Crippen LogP) is 4.34. The number of hydrogen-bond donors (Lipinski definition) is 2. The molecule has 1 unspecified atom stereocenters. The van der Waals surface area contributed by atoms with Crippen molar-refractivity contribution in [2.24, 2.45) is 0 Å². The van der Waals surface area contributed by atoms with Crippen LogP contribution in [0.1, 0.15) is 16.8 Å². The average Bonchev–Trinajstić information content (AvgIpc) is 3.32. The summed E-state index contributed by atoms with van der Waals surface area (Å²) in [6.07, 6.45) is 2.27. The van der Waals surface area contributed by atoms with Crippen molar-refractivity contribution in [2.45, 2.75) is 25.9 Å². The molecule has 6 heteroatoms. The highest BCUT2D eigenvalue weighted by Crippen LogP contribution is 2.38. The van der Waals surface area contributed by atoms with E-state index in [1.807, 2.05) is 49.4 Å². The molecule has 0 bridgehead atoms. The lowest BCUT2D eigenvalue weighted by atomic mass is 10.0. The van der Waals surface area contributed by atoms with Crippen LogP contribution in [0.5, 0.6) is 5.75 Å². The fraction of sp³-hybridized carbons (Fsp3) is 0.200. The molecule has 2 N–H and O–H groups in total. The van der Waals surface area contributed by atoms with Crippen LogP contribution < -0.4 is 10.1 Å². The van der Waals surface area contributed by atoms with E-state index in [4.69, 9.17) is 4.74 Å². The van der Waals surface area contributed by atoms with Gasteiger partial charge in [-0.1, -0.05) is 24.3 Å². The SMILES string of the molecule is Cc1[nH]c2ccccc2c1CC(=O)NCC1Cc2cc(F)cc(-c3ccccn3)c2O1. The number of aromatic amines is 1. The summed E-state index contributed by atoms with van der Waals surface area (Å²) in [4.78, 5) is 20.3. The van der Waals surface area contributed by atoms with Gasteiger partial charge in [0.05, 0.1) is 18.7 Å². The summed E-state index contributed by atoms with van der Waals surface area (Å²) in [6, 6.07) is 16.4. The Bertz CT molecular complexity index is 1270. The summed E-state index contributed by atoms with van der Waals surface area (Å²) in [5, 5.41) is 4.04. The molecule has 1 atom stereocenters. The van der Waals surface area contributed by atoms with Crippen molar-refractivity contribution in [2.75, 3.05) is 6.54 Å². The number of carbonyl (C=O) groups is 1. The number of hydrogen-bond acceptors (Lipinski definition) is 3. The minimum absolute atomic E-state index is 0.0662. The quantitative estimate of drug-likeness (QED) is 0.510. The number of H-pyrrole nitrogens is 1. The van der Waals surface area contributed by atoms with E-state index in [-0.39, 0.29) is 17.8 Å². The van der Waals surface area contributed by atoms with E-state index in [1.54, 1.807) is 6.20 Å². The second-order valence-electron chi connectivity index (χ2n) is 7.86. The zero-order chi connectivity index (χ0) is 21.4. The molecule has 2 aromatic carbocycles. The molecule has 0 saturated heterocycles. The maximum atomic E-state index is 14.2. The highest BCUT2D eigenvalue weighted by atomic mass is 19.1. The molecule has 31 heavy (non-hydrogen) atoms. The number of benzene rings is 2. The zero-order valence-corrected chi connectivity index (χ0v) is 17.1. The van der Waals surface area contributed by atoms with Crippen LogP contribution >= 0.6 is 0 Å². The third-order valence-electron chi connectivity index (χ3n) is 5.69. The van der Waals surface area contributed by atoms with Crippen molar-refractivity contribution >= 4 is 16.8 Å². The van der Waals surface area contributed by atoms with Gasteiger partial charge in [0.25, 0.3) is 0 Å². The standard InChI is InChI=1S/C25H22FN3O2/c1-15-20(19-6-2-3-8-23(19)29-15)13-24(30)28-14-18-11-16-10-17(26)12-21(25(16)31-18)22-7-4-5-9-27-22/h2-10,12,18,29H,11,13-14H2,1H3,(H,28,30). The lowest BCUT2D eigenvalue weighted by Gasteiger charge is -2.13. The van der Waals surface area contributed by atoms with Gasteiger partial charge < -0.3 is 15.0 Å². The van der Waals surface area contributed by atoms with Crippen LogP contribution in [0.2, 0.25) is 0 Å². The fourth-order valence-corrected chi connectivity index (χ4v) is 4.23.